The van der Waals surface area contributed by atoms with Crippen molar-refractivity contribution in [2.24, 2.45) is 0 Å². The van der Waals surface area contributed by atoms with Crippen LogP contribution in [0.1, 0.15) is 37.4 Å². The van der Waals surface area contributed by atoms with E-state index in [1.54, 1.807) is 7.11 Å². The van der Waals surface area contributed by atoms with Crippen molar-refractivity contribution >= 4 is 0 Å². The van der Waals surface area contributed by atoms with E-state index in [0.29, 0.717) is 13.2 Å². The maximum absolute atomic E-state index is 5.88. The standard InChI is InChI=1S/C33H39N3O3/c1-3-4-19-36-29(32(27-12-7-5-8-13-27)34-33(36)28-14-9-6-10-15-28)25-35(18-11-20-37-2)24-26-16-17-30-31(23-26)39-22-21-38-30/h5-10,12-17,23H,3-4,11,18-22,24-25H2,1-2H3. The fourth-order valence-corrected chi connectivity index (χ4v) is 5.14. The van der Waals surface area contributed by atoms with E-state index in [4.69, 9.17) is 19.2 Å². The summed E-state index contributed by atoms with van der Waals surface area (Å²) >= 11 is 0. The second-order valence-electron chi connectivity index (χ2n) is 10.0. The lowest BCUT2D eigenvalue weighted by Gasteiger charge is -2.25. The van der Waals surface area contributed by atoms with Crippen LogP contribution >= 0.6 is 0 Å². The molecule has 0 radical (unpaired) electrons. The molecule has 0 aliphatic carbocycles. The van der Waals surface area contributed by atoms with E-state index in [-0.39, 0.29) is 0 Å². The molecule has 0 bridgehead atoms. The summed E-state index contributed by atoms with van der Waals surface area (Å²) < 4.78 is 19.5. The van der Waals surface area contributed by atoms with Gasteiger partial charge in [-0.15, -0.1) is 0 Å². The minimum atomic E-state index is 0.591. The van der Waals surface area contributed by atoms with Gasteiger partial charge >= 0.3 is 0 Å². The van der Waals surface area contributed by atoms with E-state index in [9.17, 15) is 0 Å². The van der Waals surface area contributed by atoms with Crippen molar-refractivity contribution in [3.63, 3.8) is 0 Å². The highest BCUT2D eigenvalue weighted by Crippen LogP contribution is 2.33. The maximum Gasteiger partial charge on any atom is 0.161 e. The van der Waals surface area contributed by atoms with Crippen LogP contribution in [0.3, 0.4) is 0 Å². The van der Waals surface area contributed by atoms with Crippen LogP contribution in [0.25, 0.3) is 22.6 Å². The molecule has 204 valence electrons. The predicted octanol–water partition coefficient (Wildman–Crippen LogP) is 6.83. The molecular formula is C33H39N3O3. The van der Waals surface area contributed by atoms with Crippen LogP contribution in [-0.4, -0.2) is 47.9 Å². The summed E-state index contributed by atoms with van der Waals surface area (Å²) in [5.41, 5.74) is 5.82. The summed E-state index contributed by atoms with van der Waals surface area (Å²) in [5, 5.41) is 0. The van der Waals surface area contributed by atoms with E-state index in [0.717, 1.165) is 86.2 Å². The van der Waals surface area contributed by atoms with Crippen molar-refractivity contribution in [2.75, 3.05) is 33.5 Å². The average Bonchev–Trinajstić information content (AvgIpc) is 3.34. The third kappa shape index (κ3) is 6.70. The molecule has 39 heavy (non-hydrogen) atoms. The number of aromatic nitrogens is 2. The number of imidazole rings is 1. The minimum Gasteiger partial charge on any atom is -0.486 e. The van der Waals surface area contributed by atoms with Crippen molar-refractivity contribution in [1.82, 2.24) is 14.5 Å². The van der Waals surface area contributed by atoms with Gasteiger partial charge in [0, 0.05) is 51.0 Å². The normalized spacial score (nSPS) is 12.7. The lowest BCUT2D eigenvalue weighted by atomic mass is 10.1. The molecule has 0 atom stereocenters. The first-order valence-corrected chi connectivity index (χ1v) is 14.1. The summed E-state index contributed by atoms with van der Waals surface area (Å²) in [6.07, 6.45) is 3.18. The van der Waals surface area contributed by atoms with Crippen molar-refractivity contribution < 1.29 is 14.2 Å². The molecule has 6 nitrogen and oxygen atoms in total. The first-order valence-electron chi connectivity index (χ1n) is 14.1. The van der Waals surface area contributed by atoms with Crippen LogP contribution in [0.2, 0.25) is 0 Å². The zero-order valence-electron chi connectivity index (χ0n) is 23.1. The van der Waals surface area contributed by atoms with Crippen LogP contribution < -0.4 is 9.47 Å². The number of methoxy groups -OCH3 is 1. The molecule has 0 fully saturated rings. The van der Waals surface area contributed by atoms with Gasteiger partial charge in [0.15, 0.2) is 11.5 Å². The van der Waals surface area contributed by atoms with Crippen LogP contribution in [0.4, 0.5) is 0 Å². The molecule has 3 aromatic carbocycles. The zero-order valence-corrected chi connectivity index (χ0v) is 23.1. The molecule has 5 rings (SSSR count). The first kappa shape index (κ1) is 27.0. The smallest absolute Gasteiger partial charge is 0.161 e. The van der Waals surface area contributed by atoms with Crippen molar-refractivity contribution in [1.29, 1.82) is 0 Å². The topological polar surface area (TPSA) is 48.8 Å². The van der Waals surface area contributed by atoms with E-state index in [1.807, 2.05) is 6.07 Å². The molecular weight excluding hydrogens is 486 g/mol. The van der Waals surface area contributed by atoms with Gasteiger partial charge in [0.1, 0.15) is 19.0 Å². The van der Waals surface area contributed by atoms with Gasteiger partial charge in [-0.1, -0.05) is 80.1 Å². The second kappa shape index (κ2) is 13.5. The number of nitrogens with zero attached hydrogens (tertiary/aromatic N) is 3. The first-order chi connectivity index (χ1) is 19.3. The molecule has 4 aromatic rings. The van der Waals surface area contributed by atoms with Gasteiger partial charge < -0.3 is 18.8 Å². The van der Waals surface area contributed by atoms with Crippen molar-refractivity contribution in [2.45, 2.75) is 45.8 Å². The molecule has 0 N–H and O–H groups in total. The highest BCUT2D eigenvalue weighted by Gasteiger charge is 2.22. The van der Waals surface area contributed by atoms with E-state index in [1.165, 1.54) is 11.3 Å². The Labute approximate surface area is 232 Å². The molecule has 1 aliphatic rings. The van der Waals surface area contributed by atoms with E-state index < -0.39 is 0 Å². The Balaban J connectivity index is 1.54. The van der Waals surface area contributed by atoms with Gasteiger partial charge in [0.2, 0.25) is 0 Å². The monoisotopic (exact) mass is 525 g/mol. The fourth-order valence-electron chi connectivity index (χ4n) is 5.14. The Morgan fingerprint density at radius 1 is 0.846 bits per heavy atom. The highest BCUT2D eigenvalue weighted by atomic mass is 16.6. The Morgan fingerprint density at radius 2 is 1.56 bits per heavy atom. The summed E-state index contributed by atoms with van der Waals surface area (Å²) in [6.45, 7) is 7.60. The number of benzene rings is 3. The number of rotatable bonds is 13. The molecule has 0 saturated heterocycles. The van der Waals surface area contributed by atoms with Gasteiger partial charge in [-0.3, -0.25) is 4.90 Å². The number of fused-ring (bicyclic) bond motifs is 1. The third-order valence-electron chi connectivity index (χ3n) is 7.10. The molecule has 0 unspecified atom stereocenters. The molecule has 0 amide bonds. The number of unbranched alkanes of at least 4 members (excludes halogenated alkanes) is 1. The van der Waals surface area contributed by atoms with Gasteiger partial charge in [-0.25, -0.2) is 4.98 Å². The summed E-state index contributed by atoms with van der Waals surface area (Å²) in [7, 11) is 1.77. The second-order valence-corrected chi connectivity index (χ2v) is 10.0. The number of hydrogen-bond acceptors (Lipinski definition) is 5. The van der Waals surface area contributed by atoms with Crippen LogP contribution in [-0.2, 0) is 24.4 Å². The van der Waals surface area contributed by atoms with Gasteiger partial charge in [0.25, 0.3) is 0 Å². The molecule has 2 heterocycles. The van der Waals surface area contributed by atoms with Gasteiger partial charge in [-0.2, -0.15) is 0 Å². The van der Waals surface area contributed by atoms with E-state index >= 15 is 0 Å². The molecule has 1 aromatic heterocycles. The lowest BCUT2D eigenvalue weighted by molar-refractivity contribution is 0.163. The number of hydrogen-bond donors (Lipinski definition) is 0. The average molecular weight is 526 g/mol. The Morgan fingerprint density at radius 3 is 2.28 bits per heavy atom. The zero-order chi connectivity index (χ0) is 26.9. The fraction of sp³-hybridized carbons (Fsp3) is 0.364. The summed E-state index contributed by atoms with van der Waals surface area (Å²) in [4.78, 5) is 7.80. The highest BCUT2D eigenvalue weighted by molar-refractivity contribution is 5.68. The summed E-state index contributed by atoms with van der Waals surface area (Å²) in [6, 6.07) is 27.5. The van der Waals surface area contributed by atoms with Crippen molar-refractivity contribution in [3.8, 4) is 34.1 Å². The third-order valence-corrected chi connectivity index (χ3v) is 7.10. The lowest BCUT2D eigenvalue weighted by Crippen LogP contribution is -2.27. The largest absolute Gasteiger partial charge is 0.486 e. The SMILES string of the molecule is CCCCn1c(-c2ccccc2)nc(-c2ccccc2)c1CN(CCCOC)Cc1ccc2c(c1)OCCO2. The number of ether oxygens (including phenoxy) is 3. The van der Waals surface area contributed by atoms with Crippen LogP contribution in [0.5, 0.6) is 11.5 Å². The Hall–Kier alpha value is -3.61. The summed E-state index contributed by atoms with van der Waals surface area (Å²) in [5.74, 6) is 2.70. The molecule has 0 spiro atoms. The Bertz CT molecular complexity index is 1320. The maximum atomic E-state index is 5.88. The van der Waals surface area contributed by atoms with Crippen LogP contribution in [0, 0.1) is 0 Å². The van der Waals surface area contributed by atoms with Crippen LogP contribution in [0.15, 0.2) is 78.9 Å². The molecule has 0 saturated carbocycles. The van der Waals surface area contributed by atoms with Gasteiger partial charge in [0.05, 0.1) is 11.4 Å². The minimum absolute atomic E-state index is 0.591. The molecule has 6 heteroatoms. The van der Waals surface area contributed by atoms with E-state index in [2.05, 4.69) is 89.2 Å². The molecule has 1 aliphatic heterocycles. The van der Waals surface area contributed by atoms with Crippen molar-refractivity contribution in [3.05, 3.63) is 90.1 Å². The van der Waals surface area contributed by atoms with Gasteiger partial charge in [-0.05, 0) is 30.5 Å². The Kier molecular flexibility index (Phi) is 9.30. The predicted molar refractivity (Wildman–Crippen MR) is 156 cm³/mol. The quantitative estimate of drug-likeness (QED) is 0.179.